The van der Waals surface area contributed by atoms with E-state index >= 15 is 0 Å². The molecule has 0 fully saturated rings. The van der Waals surface area contributed by atoms with Crippen molar-refractivity contribution in [3.63, 3.8) is 0 Å². The van der Waals surface area contributed by atoms with Gasteiger partial charge >= 0.3 is 0 Å². The Kier molecular flexibility index (Phi) is 6.04. The van der Waals surface area contributed by atoms with E-state index in [1.807, 2.05) is 53.1 Å². The standard InChI is InChI=1S/C31H25N3OS/c32-20-24-19-23-18-22(21-8-2-1-3-9-21)14-15-27(23)33-31(24)36-17-16-30(35)34-28-12-6-4-10-25(28)26-11-5-7-13-29(26)34/h1-13,19,22H,14-18H2. The predicted molar refractivity (Wildman–Crippen MR) is 146 cm³/mol. The van der Waals surface area contributed by atoms with Gasteiger partial charge in [0.2, 0.25) is 5.91 Å². The van der Waals surface area contributed by atoms with Gasteiger partial charge in [-0.3, -0.25) is 9.36 Å². The van der Waals surface area contributed by atoms with Crippen LogP contribution in [-0.4, -0.2) is 21.2 Å². The summed E-state index contributed by atoms with van der Waals surface area (Å²) in [6.07, 6.45) is 3.26. The number of pyridine rings is 1. The third kappa shape index (κ3) is 4.08. The number of benzene rings is 3. The predicted octanol–water partition coefficient (Wildman–Crippen LogP) is 7.16. The molecular weight excluding hydrogens is 462 g/mol. The number of nitriles is 1. The molecule has 4 nitrogen and oxygen atoms in total. The molecule has 2 aromatic heterocycles. The average Bonchev–Trinajstić information content (AvgIpc) is 3.27. The molecule has 3 aromatic carbocycles. The van der Waals surface area contributed by atoms with Gasteiger partial charge in [0.25, 0.3) is 0 Å². The van der Waals surface area contributed by atoms with Crippen LogP contribution in [0, 0.1) is 11.3 Å². The van der Waals surface area contributed by atoms with Crippen LogP contribution >= 0.6 is 11.8 Å². The summed E-state index contributed by atoms with van der Waals surface area (Å²) in [5.74, 6) is 1.10. The fourth-order valence-corrected chi connectivity index (χ4v) is 6.29. The summed E-state index contributed by atoms with van der Waals surface area (Å²) in [6.45, 7) is 0. The number of rotatable bonds is 5. The van der Waals surface area contributed by atoms with Crippen molar-refractivity contribution in [1.82, 2.24) is 9.55 Å². The lowest BCUT2D eigenvalue weighted by Crippen LogP contribution is -2.15. The fourth-order valence-electron chi connectivity index (χ4n) is 5.38. The van der Waals surface area contributed by atoms with Gasteiger partial charge in [0.05, 0.1) is 16.6 Å². The molecule has 1 unspecified atom stereocenters. The van der Waals surface area contributed by atoms with Crippen LogP contribution in [0.1, 0.15) is 45.9 Å². The summed E-state index contributed by atoms with van der Waals surface area (Å²) in [5.41, 5.74) is 6.10. The summed E-state index contributed by atoms with van der Waals surface area (Å²) in [4.78, 5) is 18.2. The van der Waals surface area contributed by atoms with Crippen LogP contribution in [0.5, 0.6) is 0 Å². The van der Waals surface area contributed by atoms with Crippen molar-refractivity contribution < 1.29 is 4.79 Å². The first kappa shape index (κ1) is 22.6. The largest absolute Gasteiger partial charge is 0.280 e. The van der Waals surface area contributed by atoms with Crippen LogP contribution in [0.25, 0.3) is 21.8 Å². The Labute approximate surface area is 214 Å². The Hall–Kier alpha value is -3.88. The summed E-state index contributed by atoms with van der Waals surface area (Å²) in [6, 6.07) is 31.0. The maximum Gasteiger partial charge on any atom is 0.232 e. The maximum atomic E-state index is 13.3. The van der Waals surface area contributed by atoms with Crippen LogP contribution in [0.2, 0.25) is 0 Å². The number of aryl methyl sites for hydroxylation is 1. The van der Waals surface area contributed by atoms with Gasteiger partial charge in [-0.15, -0.1) is 11.8 Å². The monoisotopic (exact) mass is 487 g/mol. The Morgan fingerprint density at radius 1 is 0.972 bits per heavy atom. The van der Waals surface area contributed by atoms with E-state index in [-0.39, 0.29) is 5.91 Å². The Balaban J connectivity index is 1.20. The van der Waals surface area contributed by atoms with Gasteiger partial charge in [-0.2, -0.15) is 5.26 Å². The number of hydrogen-bond acceptors (Lipinski definition) is 4. The smallest absolute Gasteiger partial charge is 0.232 e. The van der Waals surface area contributed by atoms with Gasteiger partial charge in [0, 0.05) is 28.6 Å². The molecular formula is C31H25N3OS. The second-order valence-electron chi connectivity index (χ2n) is 9.27. The molecule has 1 aliphatic carbocycles. The van der Waals surface area contributed by atoms with Gasteiger partial charge in [0.1, 0.15) is 11.1 Å². The van der Waals surface area contributed by atoms with Crippen molar-refractivity contribution in [3.05, 3.63) is 107 Å². The minimum atomic E-state index is 0.0575. The molecule has 0 bridgehead atoms. The molecule has 0 saturated carbocycles. The van der Waals surface area contributed by atoms with E-state index in [2.05, 4.69) is 42.5 Å². The normalized spacial score (nSPS) is 15.0. The third-order valence-electron chi connectivity index (χ3n) is 7.13. The van der Waals surface area contributed by atoms with Crippen molar-refractivity contribution in [3.8, 4) is 6.07 Å². The van der Waals surface area contributed by atoms with Gasteiger partial charge in [-0.25, -0.2) is 4.98 Å². The van der Waals surface area contributed by atoms with E-state index in [1.165, 1.54) is 22.9 Å². The third-order valence-corrected chi connectivity index (χ3v) is 8.12. The molecule has 1 atom stereocenters. The maximum absolute atomic E-state index is 13.3. The number of aromatic nitrogens is 2. The molecule has 2 heterocycles. The van der Waals surface area contributed by atoms with Crippen molar-refractivity contribution in [2.75, 3.05) is 5.75 Å². The first-order valence-corrected chi connectivity index (χ1v) is 13.3. The van der Waals surface area contributed by atoms with Gasteiger partial charge < -0.3 is 0 Å². The van der Waals surface area contributed by atoms with E-state index in [0.29, 0.717) is 23.7 Å². The molecule has 0 spiro atoms. The average molecular weight is 488 g/mol. The summed E-state index contributed by atoms with van der Waals surface area (Å²) < 4.78 is 1.83. The molecule has 0 saturated heterocycles. The quantitative estimate of drug-likeness (QED) is 0.247. The molecule has 0 N–H and O–H groups in total. The van der Waals surface area contributed by atoms with Crippen molar-refractivity contribution in [1.29, 1.82) is 5.26 Å². The number of thioether (sulfide) groups is 1. The molecule has 6 rings (SSSR count). The number of carbonyl (C=O) groups is 1. The molecule has 0 radical (unpaired) electrons. The van der Waals surface area contributed by atoms with Crippen molar-refractivity contribution >= 4 is 39.5 Å². The second-order valence-corrected chi connectivity index (χ2v) is 10.4. The van der Waals surface area contributed by atoms with E-state index < -0.39 is 0 Å². The molecule has 5 aromatic rings. The number of para-hydroxylation sites is 2. The van der Waals surface area contributed by atoms with E-state index in [1.54, 1.807) is 0 Å². The topological polar surface area (TPSA) is 58.7 Å². The van der Waals surface area contributed by atoms with Crippen LogP contribution in [-0.2, 0) is 12.8 Å². The van der Waals surface area contributed by atoms with Crippen molar-refractivity contribution in [2.24, 2.45) is 0 Å². The Morgan fingerprint density at radius 3 is 2.33 bits per heavy atom. The van der Waals surface area contributed by atoms with E-state index in [0.717, 1.165) is 51.8 Å². The summed E-state index contributed by atoms with van der Waals surface area (Å²) >= 11 is 1.51. The van der Waals surface area contributed by atoms with Gasteiger partial charge in [-0.1, -0.05) is 66.7 Å². The Morgan fingerprint density at radius 2 is 1.64 bits per heavy atom. The lowest BCUT2D eigenvalue weighted by Gasteiger charge is -2.25. The zero-order valence-corrected chi connectivity index (χ0v) is 20.7. The first-order chi connectivity index (χ1) is 17.7. The molecule has 36 heavy (non-hydrogen) atoms. The minimum Gasteiger partial charge on any atom is -0.280 e. The lowest BCUT2D eigenvalue weighted by atomic mass is 9.82. The molecule has 1 aliphatic rings. The molecule has 176 valence electrons. The van der Waals surface area contributed by atoms with Gasteiger partial charge in [0.15, 0.2) is 0 Å². The van der Waals surface area contributed by atoms with Crippen LogP contribution < -0.4 is 0 Å². The highest BCUT2D eigenvalue weighted by molar-refractivity contribution is 7.99. The summed E-state index contributed by atoms with van der Waals surface area (Å²) in [7, 11) is 0. The highest BCUT2D eigenvalue weighted by Crippen LogP contribution is 2.35. The van der Waals surface area contributed by atoms with Crippen LogP contribution in [0.4, 0.5) is 0 Å². The molecule has 5 heteroatoms. The number of hydrogen-bond donors (Lipinski definition) is 0. The lowest BCUT2D eigenvalue weighted by molar-refractivity contribution is 0.0920. The zero-order chi connectivity index (χ0) is 24.5. The Bertz CT molecular complexity index is 1580. The van der Waals surface area contributed by atoms with Crippen LogP contribution in [0.15, 0.2) is 90.0 Å². The minimum absolute atomic E-state index is 0.0575. The molecule has 0 amide bonds. The fraction of sp³-hybridized carbons (Fsp3) is 0.194. The van der Waals surface area contributed by atoms with E-state index in [4.69, 9.17) is 4.98 Å². The van der Waals surface area contributed by atoms with Gasteiger partial charge in [-0.05, 0) is 54.5 Å². The number of nitrogens with zero attached hydrogens (tertiary/aromatic N) is 3. The van der Waals surface area contributed by atoms with Crippen molar-refractivity contribution in [2.45, 2.75) is 36.6 Å². The second kappa shape index (κ2) is 9.64. The zero-order valence-electron chi connectivity index (χ0n) is 19.9. The highest BCUT2D eigenvalue weighted by atomic mass is 32.2. The molecule has 0 aliphatic heterocycles. The van der Waals surface area contributed by atoms with E-state index in [9.17, 15) is 10.1 Å². The first-order valence-electron chi connectivity index (χ1n) is 12.3. The summed E-state index contributed by atoms with van der Waals surface area (Å²) in [5, 5.41) is 12.7. The van der Waals surface area contributed by atoms with Crippen LogP contribution in [0.3, 0.4) is 0 Å². The highest BCUT2D eigenvalue weighted by Gasteiger charge is 2.23. The number of carbonyl (C=O) groups excluding carboxylic acids is 1. The SMILES string of the molecule is N#Cc1cc2c(nc1SCCC(=O)n1c3ccccc3c3ccccc31)CCC(c1ccccc1)C2. The number of fused-ring (bicyclic) bond motifs is 4.